The molecule has 0 aliphatic rings. The quantitative estimate of drug-likeness (QED) is 0.184. The first kappa shape index (κ1) is 28.5. The summed E-state index contributed by atoms with van der Waals surface area (Å²) in [4.78, 5) is 10.6. The lowest BCUT2D eigenvalue weighted by atomic mass is 9.92. The molecule has 1 amide bonds. The lowest BCUT2D eigenvalue weighted by molar-refractivity contribution is -0.152. The third kappa shape index (κ3) is 15.8. The molecule has 2 N–H and O–H groups in total. The molecule has 1 unspecified atom stereocenters. The third-order valence-corrected chi connectivity index (χ3v) is 5.24. The number of amides is 1. The molecule has 0 fully saturated rings. The number of benzene rings is 1. The standard InChI is InChI=1S/C28H38F3NO/c29-28(30,31)26(25-21-17-16-18-22-25)23-19-14-12-10-8-6-4-2-1-3-5-7-9-11-13-15-20-24-27(32)33/h1-2,5-8,11,13,16-18,21-22,26H,3-4,9-10,12,14-15,19-20,23-24H2,(H2,32,33)/b2-1-,7-5-,8-6-,13-11-. The maximum absolute atomic E-state index is 13.3. The highest BCUT2D eigenvalue weighted by atomic mass is 19.4. The molecule has 1 aromatic rings. The molecule has 1 rings (SSSR count). The highest BCUT2D eigenvalue weighted by Crippen LogP contribution is 2.38. The molecular weight excluding hydrogens is 423 g/mol. The van der Waals surface area contributed by atoms with Crippen molar-refractivity contribution in [1.29, 1.82) is 0 Å². The largest absolute Gasteiger partial charge is 0.395 e. The first-order valence-electron chi connectivity index (χ1n) is 11.9. The average molecular weight is 462 g/mol. The molecule has 0 spiro atoms. The van der Waals surface area contributed by atoms with Crippen LogP contribution in [0.2, 0.25) is 0 Å². The number of alkyl halides is 3. The average Bonchev–Trinajstić information content (AvgIpc) is 2.77. The van der Waals surface area contributed by atoms with E-state index in [1.54, 1.807) is 30.3 Å². The first-order chi connectivity index (χ1) is 15.9. The van der Waals surface area contributed by atoms with Crippen LogP contribution in [0.25, 0.3) is 0 Å². The Bertz CT molecular complexity index is 748. The van der Waals surface area contributed by atoms with Crippen LogP contribution in [0.15, 0.2) is 78.9 Å². The van der Waals surface area contributed by atoms with Crippen LogP contribution in [0.4, 0.5) is 13.2 Å². The summed E-state index contributed by atoms with van der Waals surface area (Å²) < 4.78 is 39.9. The number of rotatable bonds is 17. The fourth-order valence-electron chi connectivity index (χ4n) is 3.43. The van der Waals surface area contributed by atoms with Gasteiger partial charge < -0.3 is 5.73 Å². The fourth-order valence-corrected chi connectivity index (χ4v) is 3.43. The fraction of sp³-hybridized carbons (Fsp3) is 0.464. The van der Waals surface area contributed by atoms with Gasteiger partial charge in [0.1, 0.15) is 0 Å². The molecule has 33 heavy (non-hydrogen) atoms. The Kier molecular flexibility index (Phi) is 15.5. The van der Waals surface area contributed by atoms with E-state index in [0.717, 1.165) is 51.4 Å². The maximum Gasteiger partial charge on any atom is 0.395 e. The number of halogens is 3. The van der Waals surface area contributed by atoms with Gasteiger partial charge in [0, 0.05) is 6.42 Å². The number of hydrogen-bond acceptors (Lipinski definition) is 1. The number of unbranched alkanes of at least 4 members (excludes halogenated alkanes) is 4. The smallest absolute Gasteiger partial charge is 0.370 e. The molecular formula is C28H38F3NO. The van der Waals surface area contributed by atoms with Crippen LogP contribution in [0.1, 0.15) is 82.1 Å². The van der Waals surface area contributed by atoms with Gasteiger partial charge >= 0.3 is 6.18 Å². The van der Waals surface area contributed by atoms with Gasteiger partial charge in [-0.2, -0.15) is 13.2 Å². The predicted molar refractivity (Wildman–Crippen MR) is 132 cm³/mol. The molecule has 1 aromatic carbocycles. The van der Waals surface area contributed by atoms with Gasteiger partial charge in [-0.25, -0.2) is 0 Å². The minimum Gasteiger partial charge on any atom is -0.370 e. The first-order valence-corrected chi connectivity index (χ1v) is 11.9. The molecule has 0 heterocycles. The molecule has 5 heteroatoms. The van der Waals surface area contributed by atoms with Crippen molar-refractivity contribution in [1.82, 2.24) is 0 Å². The van der Waals surface area contributed by atoms with E-state index in [4.69, 9.17) is 5.73 Å². The monoisotopic (exact) mass is 461 g/mol. The Morgan fingerprint density at radius 3 is 1.79 bits per heavy atom. The second kappa shape index (κ2) is 17.9. The van der Waals surface area contributed by atoms with Crippen LogP contribution in [0, 0.1) is 0 Å². The van der Waals surface area contributed by atoms with Crippen LogP contribution in [-0.4, -0.2) is 12.1 Å². The zero-order chi connectivity index (χ0) is 24.2. The summed E-state index contributed by atoms with van der Waals surface area (Å²) in [6.07, 6.45) is 20.8. The van der Waals surface area contributed by atoms with Gasteiger partial charge in [0.25, 0.3) is 0 Å². The van der Waals surface area contributed by atoms with Crippen molar-refractivity contribution in [2.75, 3.05) is 0 Å². The summed E-state index contributed by atoms with van der Waals surface area (Å²) in [7, 11) is 0. The number of carbonyl (C=O) groups is 1. The van der Waals surface area contributed by atoms with E-state index in [0.29, 0.717) is 18.4 Å². The lowest BCUT2D eigenvalue weighted by Crippen LogP contribution is -2.20. The molecule has 182 valence electrons. The summed E-state index contributed by atoms with van der Waals surface area (Å²) in [6.45, 7) is 0. The van der Waals surface area contributed by atoms with Gasteiger partial charge in [-0.15, -0.1) is 0 Å². The van der Waals surface area contributed by atoms with Crippen molar-refractivity contribution in [3.8, 4) is 0 Å². The second-order valence-corrected chi connectivity index (χ2v) is 8.09. The molecule has 0 aliphatic heterocycles. The van der Waals surface area contributed by atoms with Gasteiger partial charge in [0.05, 0.1) is 5.92 Å². The van der Waals surface area contributed by atoms with Crippen molar-refractivity contribution in [2.45, 2.75) is 82.7 Å². The minimum atomic E-state index is -4.19. The Morgan fingerprint density at radius 2 is 1.27 bits per heavy atom. The van der Waals surface area contributed by atoms with Gasteiger partial charge in [-0.1, -0.05) is 91.8 Å². The number of nitrogens with two attached hydrogens (primary N) is 1. The summed E-state index contributed by atoms with van der Waals surface area (Å²) in [5.74, 6) is -1.61. The van der Waals surface area contributed by atoms with E-state index in [1.165, 1.54) is 0 Å². The normalized spacial score (nSPS) is 13.7. The highest BCUT2D eigenvalue weighted by molar-refractivity contribution is 5.73. The molecule has 0 saturated heterocycles. The van der Waals surface area contributed by atoms with Gasteiger partial charge in [-0.3, -0.25) is 4.79 Å². The lowest BCUT2D eigenvalue weighted by Gasteiger charge is -2.20. The number of carbonyl (C=O) groups excluding carboxylic acids is 1. The van der Waals surface area contributed by atoms with E-state index in [2.05, 4.69) is 48.6 Å². The number of primary amides is 1. The van der Waals surface area contributed by atoms with E-state index in [9.17, 15) is 18.0 Å². The molecule has 0 saturated carbocycles. The molecule has 2 nitrogen and oxygen atoms in total. The van der Waals surface area contributed by atoms with E-state index < -0.39 is 12.1 Å². The topological polar surface area (TPSA) is 43.1 Å². The van der Waals surface area contributed by atoms with Crippen LogP contribution in [0.3, 0.4) is 0 Å². The van der Waals surface area contributed by atoms with Crippen LogP contribution >= 0.6 is 0 Å². The summed E-state index contributed by atoms with van der Waals surface area (Å²) in [5.41, 5.74) is 5.45. The highest BCUT2D eigenvalue weighted by Gasteiger charge is 2.39. The molecule has 1 atom stereocenters. The molecule has 0 radical (unpaired) electrons. The summed E-state index contributed by atoms with van der Waals surface area (Å²) >= 11 is 0. The zero-order valence-corrected chi connectivity index (χ0v) is 19.5. The van der Waals surface area contributed by atoms with Crippen molar-refractivity contribution in [3.63, 3.8) is 0 Å². The maximum atomic E-state index is 13.3. The molecule has 0 bridgehead atoms. The Balaban J connectivity index is 2.06. The van der Waals surface area contributed by atoms with Crippen LogP contribution < -0.4 is 5.73 Å². The van der Waals surface area contributed by atoms with Crippen LogP contribution in [-0.2, 0) is 4.79 Å². The summed E-state index contributed by atoms with van der Waals surface area (Å²) in [5, 5.41) is 0. The van der Waals surface area contributed by atoms with Gasteiger partial charge in [-0.05, 0) is 56.9 Å². The van der Waals surface area contributed by atoms with Crippen molar-refractivity contribution in [2.24, 2.45) is 5.73 Å². The molecule has 0 aromatic heterocycles. The summed E-state index contributed by atoms with van der Waals surface area (Å²) in [6, 6.07) is 8.21. The minimum absolute atomic E-state index is 0.151. The Labute approximate surface area is 197 Å². The van der Waals surface area contributed by atoms with Crippen molar-refractivity contribution >= 4 is 5.91 Å². The Morgan fingerprint density at radius 1 is 0.758 bits per heavy atom. The zero-order valence-electron chi connectivity index (χ0n) is 19.5. The molecule has 0 aliphatic carbocycles. The number of hydrogen-bond donors (Lipinski definition) is 1. The van der Waals surface area contributed by atoms with Gasteiger partial charge in [0.2, 0.25) is 5.91 Å². The van der Waals surface area contributed by atoms with Crippen LogP contribution in [0.5, 0.6) is 0 Å². The predicted octanol–water partition coefficient (Wildman–Crippen LogP) is 8.33. The second-order valence-electron chi connectivity index (χ2n) is 8.09. The van der Waals surface area contributed by atoms with Crippen molar-refractivity contribution in [3.05, 3.63) is 84.5 Å². The van der Waals surface area contributed by atoms with E-state index in [1.807, 2.05) is 0 Å². The Hall–Kier alpha value is -2.56. The van der Waals surface area contributed by atoms with Crippen molar-refractivity contribution < 1.29 is 18.0 Å². The van der Waals surface area contributed by atoms with E-state index in [-0.39, 0.29) is 12.3 Å². The third-order valence-electron chi connectivity index (χ3n) is 5.24. The SMILES string of the molecule is NC(=O)CCC/C=C\C/C=C\C/C=C\C/C=C\CCCCCC(c1ccccc1)C(F)(F)F. The van der Waals surface area contributed by atoms with E-state index >= 15 is 0 Å². The van der Waals surface area contributed by atoms with Gasteiger partial charge in [0.15, 0.2) is 0 Å². The number of allylic oxidation sites excluding steroid dienone is 8.